The molecule has 180 valence electrons. The number of carbonyl (C=O) groups excluding carboxylic acids is 1. The average Bonchev–Trinajstić information content (AvgIpc) is 3.63. The maximum absolute atomic E-state index is 12.8. The number of H-pyrrole nitrogens is 1. The van der Waals surface area contributed by atoms with Gasteiger partial charge in [-0.05, 0) is 57.6 Å². The lowest BCUT2D eigenvalue weighted by Gasteiger charge is -2.32. The number of anilines is 1. The van der Waals surface area contributed by atoms with E-state index < -0.39 is 0 Å². The maximum Gasteiger partial charge on any atom is 0.319 e. The molecule has 0 radical (unpaired) electrons. The monoisotopic (exact) mass is 465 g/mol. The predicted molar refractivity (Wildman–Crippen MR) is 127 cm³/mol. The molecule has 0 spiro atoms. The molecule has 2 atom stereocenters. The van der Waals surface area contributed by atoms with Crippen molar-refractivity contribution >= 4 is 22.8 Å². The molecule has 10 nitrogen and oxygen atoms in total. The molecule has 3 aromatic rings. The first-order valence-electron chi connectivity index (χ1n) is 12.0. The Labute approximate surface area is 198 Å². The van der Waals surface area contributed by atoms with Crippen LogP contribution in [0.1, 0.15) is 61.6 Å². The fourth-order valence-corrected chi connectivity index (χ4v) is 4.48. The van der Waals surface area contributed by atoms with Gasteiger partial charge in [-0.1, -0.05) is 0 Å². The number of amides is 1. The number of nitrogens with one attached hydrogen (secondary N) is 2. The summed E-state index contributed by atoms with van der Waals surface area (Å²) in [6, 6.07) is 5.56. The highest BCUT2D eigenvalue weighted by atomic mass is 16.5. The molecule has 0 aromatic carbocycles. The first-order chi connectivity index (χ1) is 16.5. The van der Waals surface area contributed by atoms with Crippen molar-refractivity contribution in [3.63, 3.8) is 0 Å². The Balaban J connectivity index is 1.34. The second kappa shape index (κ2) is 9.54. The Morgan fingerprint density at radius 3 is 2.79 bits per heavy atom. The van der Waals surface area contributed by atoms with Crippen LogP contribution in [0.5, 0.6) is 6.01 Å². The van der Waals surface area contributed by atoms with E-state index in [0.29, 0.717) is 17.7 Å². The third-order valence-electron chi connectivity index (χ3n) is 6.72. The number of ether oxygens (including phenoxy) is 1. The van der Waals surface area contributed by atoms with Crippen LogP contribution in [-0.2, 0) is 0 Å². The van der Waals surface area contributed by atoms with E-state index in [0.717, 1.165) is 55.5 Å². The van der Waals surface area contributed by atoms with Crippen molar-refractivity contribution in [1.29, 1.82) is 0 Å². The molecule has 4 heterocycles. The molecule has 2 aliphatic rings. The van der Waals surface area contributed by atoms with E-state index >= 15 is 0 Å². The predicted octanol–water partition coefficient (Wildman–Crippen LogP) is 2.42. The topological polar surface area (TPSA) is 129 Å². The first-order valence-corrected chi connectivity index (χ1v) is 12.0. The number of hydrogen-bond donors (Lipinski definition) is 3. The minimum atomic E-state index is -0.366. The van der Waals surface area contributed by atoms with Gasteiger partial charge in [0.1, 0.15) is 17.6 Å². The van der Waals surface area contributed by atoms with Crippen LogP contribution in [0.2, 0.25) is 0 Å². The quantitative estimate of drug-likeness (QED) is 0.463. The van der Waals surface area contributed by atoms with Crippen molar-refractivity contribution in [2.24, 2.45) is 5.92 Å². The van der Waals surface area contributed by atoms with Crippen molar-refractivity contribution < 1.29 is 14.6 Å². The molecule has 10 heteroatoms. The molecule has 3 N–H and O–H groups in total. The number of aliphatic hydroxyl groups excluding tert-OH is 1. The number of aromatic nitrogens is 5. The van der Waals surface area contributed by atoms with Crippen LogP contribution in [0.3, 0.4) is 0 Å². The van der Waals surface area contributed by atoms with Crippen LogP contribution in [0.15, 0.2) is 24.4 Å². The van der Waals surface area contributed by atoms with E-state index in [9.17, 15) is 9.90 Å². The normalized spacial score (nSPS) is 18.6. The van der Waals surface area contributed by atoms with Gasteiger partial charge in [0.15, 0.2) is 5.65 Å². The van der Waals surface area contributed by atoms with Gasteiger partial charge >= 0.3 is 6.01 Å². The highest BCUT2D eigenvalue weighted by Crippen LogP contribution is 2.35. The molecule has 0 unspecified atom stereocenters. The summed E-state index contributed by atoms with van der Waals surface area (Å²) in [6.45, 7) is 5.18. The molecule has 5 rings (SSSR count). The number of nitrogens with zero attached hydrogens (tertiary/aromatic N) is 5. The van der Waals surface area contributed by atoms with Gasteiger partial charge in [0.2, 0.25) is 0 Å². The number of fused-ring (bicyclic) bond motifs is 1. The number of piperidine rings is 1. The summed E-state index contributed by atoms with van der Waals surface area (Å²) in [5.74, 6) is 1.18. The van der Waals surface area contributed by atoms with Crippen LogP contribution in [-0.4, -0.2) is 68.0 Å². The van der Waals surface area contributed by atoms with Crippen molar-refractivity contribution in [2.45, 2.75) is 57.6 Å². The van der Waals surface area contributed by atoms with Crippen LogP contribution >= 0.6 is 0 Å². The summed E-state index contributed by atoms with van der Waals surface area (Å²) in [5, 5.41) is 20.7. The Bertz CT molecular complexity index is 1150. The average molecular weight is 466 g/mol. The van der Waals surface area contributed by atoms with Gasteiger partial charge in [0.25, 0.3) is 5.91 Å². The van der Waals surface area contributed by atoms with E-state index in [1.807, 2.05) is 13.0 Å². The zero-order valence-electron chi connectivity index (χ0n) is 19.6. The van der Waals surface area contributed by atoms with Crippen molar-refractivity contribution in [3.8, 4) is 6.01 Å². The lowest BCUT2D eigenvalue weighted by molar-refractivity contribution is 0.0914. The molecule has 1 saturated heterocycles. The number of pyridine rings is 1. The van der Waals surface area contributed by atoms with Gasteiger partial charge in [-0.25, -0.2) is 4.98 Å². The lowest BCUT2D eigenvalue weighted by Crippen LogP contribution is -2.37. The van der Waals surface area contributed by atoms with Gasteiger partial charge in [0.05, 0.1) is 12.3 Å². The van der Waals surface area contributed by atoms with Gasteiger partial charge in [-0.3, -0.25) is 9.89 Å². The van der Waals surface area contributed by atoms with E-state index in [4.69, 9.17) is 4.74 Å². The minimum Gasteiger partial charge on any atom is -0.460 e. The second-order valence-electron chi connectivity index (χ2n) is 9.38. The van der Waals surface area contributed by atoms with Crippen molar-refractivity contribution in [2.75, 3.05) is 24.6 Å². The molecule has 2 fully saturated rings. The molecule has 1 saturated carbocycles. The summed E-state index contributed by atoms with van der Waals surface area (Å²) in [5.41, 5.74) is 2.12. The number of hydrogen-bond acceptors (Lipinski definition) is 8. The second-order valence-corrected chi connectivity index (χ2v) is 9.38. The van der Waals surface area contributed by atoms with E-state index in [-0.39, 0.29) is 36.4 Å². The number of aromatic amines is 1. The first kappa shape index (κ1) is 22.5. The highest BCUT2D eigenvalue weighted by molar-refractivity contribution is 5.93. The summed E-state index contributed by atoms with van der Waals surface area (Å²) in [4.78, 5) is 28.3. The van der Waals surface area contributed by atoms with Crippen LogP contribution in [0.4, 0.5) is 5.82 Å². The van der Waals surface area contributed by atoms with Crippen LogP contribution in [0, 0.1) is 5.92 Å². The SMILES string of the molecule is C[C@H](CO)NC(=O)c1cc(N2CCC(c3n[nH]c4ncccc34)CC2)nc(O[C@H](C)C2CC2)n1. The fraction of sp³-hybridized carbons (Fsp3) is 0.542. The van der Waals surface area contributed by atoms with Crippen LogP contribution < -0.4 is 15.0 Å². The van der Waals surface area contributed by atoms with Crippen molar-refractivity contribution in [1.82, 2.24) is 30.5 Å². The fourth-order valence-electron chi connectivity index (χ4n) is 4.48. The lowest BCUT2D eigenvalue weighted by atomic mass is 9.92. The minimum absolute atomic E-state index is 0.00909. The summed E-state index contributed by atoms with van der Waals surface area (Å²) >= 11 is 0. The Kier molecular flexibility index (Phi) is 6.32. The molecular weight excluding hydrogens is 434 g/mol. The summed E-state index contributed by atoms with van der Waals surface area (Å²) in [7, 11) is 0. The Hall–Kier alpha value is -3.27. The van der Waals surface area contributed by atoms with Gasteiger partial charge in [-0.2, -0.15) is 15.1 Å². The molecular formula is C24H31N7O3. The van der Waals surface area contributed by atoms with Crippen molar-refractivity contribution in [3.05, 3.63) is 35.8 Å². The molecule has 1 aliphatic carbocycles. The number of aliphatic hydroxyl groups is 1. The smallest absolute Gasteiger partial charge is 0.319 e. The van der Waals surface area contributed by atoms with Gasteiger partial charge in [0, 0.05) is 42.7 Å². The highest BCUT2D eigenvalue weighted by Gasteiger charge is 2.31. The largest absolute Gasteiger partial charge is 0.460 e. The van der Waals surface area contributed by atoms with Crippen LogP contribution in [0.25, 0.3) is 11.0 Å². The number of rotatable bonds is 8. The van der Waals surface area contributed by atoms with E-state index in [1.165, 1.54) is 0 Å². The summed E-state index contributed by atoms with van der Waals surface area (Å²) in [6.07, 6.45) is 5.89. The zero-order chi connectivity index (χ0) is 23.7. The molecule has 3 aromatic heterocycles. The number of carbonyl (C=O) groups is 1. The van der Waals surface area contributed by atoms with E-state index in [1.54, 1.807) is 19.2 Å². The maximum atomic E-state index is 12.8. The third-order valence-corrected chi connectivity index (χ3v) is 6.72. The Morgan fingerprint density at radius 2 is 2.06 bits per heavy atom. The summed E-state index contributed by atoms with van der Waals surface area (Å²) < 4.78 is 6.02. The van der Waals surface area contributed by atoms with Gasteiger partial charge < -0.3 is 20.1 Å². The van der Waals surface area contributed by atoms with E-state index in [2.05, 4.69) is 41.4 Å². The zero-order valence-corrected chi connectivity index (χ0v) is 19.6. The molecule has 0 bridgehead atoms. The molecule has 34 heavy (non-hydrogen) atoms. The molecule has 1 aliphatic heterocycles. The Morgan fingerprint density at radius 1 is 1.26 bits per heavy atom. The standard InChI is InChI=1S/C24H31N7O3/c1-14(13-32)26-23(33)19-12-20(28-24(27-19)34-15(2)16-5-6-16)31-10-7-17(8-11-31)21-18-4-3-9-25-22(18)30-29-21/h3-4,9,12,14-17,32H,5-8,10-11,13H2,1-2H3,(H,26,33)(H,25,29,30)/t14-,15-/m1/s1. The molecule has 1 amide bonds. The van der Waals surface area contributed by atoms with Gasteiger partial charge in [-0.15, -0.1) is 0 Å². The third kappa shape index (κ3) is 4.82.